The number of aliphatic hydroxyl groups excluding tert-OH is 1. The molecule has 78 valence electrons. The van der Waals surface area contributed by atoms with Crippen LogP contribution in [0, 0.1) is 0 Å². The Balaban J connectivity index is 2.19. The van der Waals surface area contributed by atoms with E-state index in [4.69, 9.17) is 9.84 Å². The molecule has 0 aliphatic carbocycles. The summed E-state index contributed by atoms with van der Waals surface area (Å²) < 4.78 is 4.90. The quantitative estimate of drug-likeness (QED) is 0.763. The lowest BCUT2D eigenvalue weighted by Gasteiger charge is -1.96. The van der Waals surface area contributed by atoms with Gasteiger partial charge in [0.25, 0.3) is 0 Å². The number of benzene rings is 1. The van der Waals surface area contributed by atoms with E-state index >= 15 is 0 Å². The molecule has 0 amide bonds. The molecule has 0 atom stereocenters. The second-order valence-electron chi connectivity index (χ2n) is 3.41. The van der Waals surface area contributed by atoms with Crippen LogP contribution in [0.2, 0.25) is 0 Å². The molecular weight excluding hydrogens is 192 g/mol. The minimum absolute atomic E-state index is 0.156. The average molecular weight is 204 g/mol. The van der Waals surface area contributed by atoms with Gasteiger partial charge in [-0.3, -0.25) is 0 Å². The zero-order valence-electron chi connectivity index (χ0n) is 8.27. The fraction of sp³-hybridized carbons (Fsp3) is 0.250. The molecule has 15 heavy (non-hydrogen) atoms. The number of aliphatic hydroxyl groups is 1. The minimum atomic E-state index is -0.240. The van der Waals surface area contributed by atoms with Crippen LogP contribution in [0.5, 0.6) is 0 Å². The molecule has 0 radical (unpaired) electrons. The standard InChI is InChI=1S/C12H12O3/c13-6-2-1-3-9-4-5-11-10(7-9)8-15-12(11)14/h1,3-5,7,13H,2,6,8H2. The van der Waals surface area contributed by atoms with E-state index in [1.807, 2.05) is 24.3 Å². The molecule has 3 heteroatoms. The molecule has 0 fully saturated rings. The summed E-state index contributed by atoms with van der Waals surface area (Å²) in [6, 6.07) is 5.59. The van der Waals surface area contributed by atoms with Gasteiger partial charge in [-0.25, -0.2) is 4.79 Å². The van der Waals surface area contributed by atoms with Gasteiger partial charge in [0.15, 0.2) is 0 Å². The number of fused-ring (bicyclic) bond motifs is 1. The normalized spacial score (nSPS) is 14.3. The van der Waals surface area contributed by atoms with Crippen molar-refractivity contribution in [3.05, 3.63) is 41.0 Å². The molecular formula is C12H12O3. The van der Waals surface area contributed by atoms with Crippen molar-refractivity contribution in [3.8, 4) is 0 Å². The van der Waals surface area contributed by atoms with Crippen molar-refractivity contribution >= 4 is 12.0 Å². The van der Waals surface area contributed by atoms with Crippen LogP contribution in [0.1, 0.15) is 27.9 Å². The van der Waals surface area contributed by atoms with Crippen molar-refractivity contribution in [2.45, 2.75) is 13.0 Å². The Kier molecular flexibility index (Phi) is 2.83. The number of carbonyl (C=O) groups excluding carboxylic acids is 1. The van der Waals surface area contributed by atoms with Crippen LogP contribution in [0.15, 0.2) is 24.3 Å². The van der Waals surface area contributed by atoms with Gasteiger partial charge >= 0.3 is 5.97 Å². The number of carbonyl (C=O) groups is 1. The molecule has 1 heterocycles. The summed E-state index contributed by atoms with van der Waals surface area (Å²) in [6.45, 7) is 0.527. The van der Waals surface area contributed by atoms with Crippen LogP contribution in [-0.2, 0) is 11.3 Å². The maximum Gasteiger partial charge on any atom is 0.338 e. The van der Waals surface area contributed by atoms with Gasteiger partial charge in [-0.2, -0.15) is 0 Å². The highest BCUT2D eigenvalue weighted by Gasteiger charge is 2.20. The highest BCUT2D eigenvalue weighted by atomic mass is 16.5. The number of ether oxygens (including phenoxy) is 1. The molecule has 2 rings (SSSR count). The van der Waals surface area contributed by atoms with Crippen LogP contribution in [0.3, 0.4) is 0 Å². The molecule has 1 aliphatic heterocycles. The van der Waals surface area contributed by atoms with Crippen LogP contribution < -0.4 is 0 Å². The van der Waals surface area contributed by atoms with Gasteiger partial charge in [-0.15, -0.1) is 0 Å². The first-order chi connectivity index (χ1) is 7.31. The fourth-order valence-electron chi connectivity index (χ4n) is 1.55. The van der Waals surface area contributed by atoms with Crippen molar-refractivity contribution in [1.82, 2.24) is 0 Å². The maximum atomic E-state index is 11.2. The van der Waals surface area contributed by atoms with Crippen molar-refractivity contribution < 1.29 is 14.6 Å². The van der Waals surface area contributed by atoms with E-state index in [0.29, 0.717) is 18.6 Å². The number of cyclic esters (lactones) is 1. The number of hydrogen-bond donors (Lipinski definition) is 1. The van der Waals surface area contributed by atoms with E-state index in [2.05, 4.69) is 0 Å². The Hall–Kier alpha value is -1.61. The molecule has 3 nitrogen and oxygen atoms in total. The smallest absolute Gasteiger partial charge is 0.338 e. The predicted octanol–water partition coefficient (Wildman–Crippen LogP) is 1.75. The first-order valence-corrected chi connectivity index (χ1v) is 4.88. The third-order valence-corrected chi connectivity index (χ3v) is 2.31. The van der Waals surface area contributed by atoms with Gasteiger partial charge in [-0.05, 0) is 24.1 Å². The second kappa shape index (κ2) is 4.28. The molecule has 0 bridgehead atoms. The van der Waals surface area contributed by atoms with Crippen molar-refractivity contribution in [3.63, 3.8) is 0 Å². The highest BCUT2D eigenvalue weighted by Crippen LogP contribution is 2.21. The van der Waals surface area contributed by atoms with E-state index in [0.717, 1.165) is 11.1 Å². The molecule has 1 aromatic carbocycles. The van der Waals surface area contributed by atoms with Gasteiger partial charge in [0.05, 0.1) is 5.56 Å². The zero-order valence-corrected chi connectivity index (χ0v) is 8.27. The van der Waals surface area contributed by atoms with E-state index in [9.17, 15) is 4.79 Å². The van der Waals surface area contributed by atoms with Gasteiger partial charge in [0.1, 0.15) is 6.61 Å². The first kappa shape index (κ1) is 9.93. The van der Waals surface area contributed by atoms with Crippen molar-refractivity contribution in [2.24, 2.45) is 0 Å². The van der Waals surface area contributed by atoms with Gasteiger partial charge in [-0.1, -0.05) is 18.2 Å². The van der Waals surface area contributed by atoms with Gasteiger partial charge < -0.3 is 9.84 Å². The molecule has 1 N–H and O–H groups in total. The summed E-state index contributed by atoms with van der Waals surface area (Å²) >= 11 is 0. The Morgan fingerprint density at radius 1 is 1.47 bits per heavy atom. The van der Waals surface area contributed by atoms with Gasteiger partial charge in [0, 0.05) is 12.2 Å². The molecule has 1 aromatic rings. The zero-order chi connectivity index (χ0) is 10.7. The molecule has 0 aromatic heterocycles. The largest absolute Gasteiger partial charge is 0.457 e. The van der Waals surface area contributed by atoms with Crippen molar-refractivity contribution in [1.29, 1.82) is 0 Å². The maximum absolute atomic E-state index is 11.2. The molecule has 0 unspecified atom stereocenters. The Morgan fingerprint density at radius 2 is 2.33 bits per heavy atom. The Morgan fingerprint density at radius 3 is 3.13 bits per heavy atom. The molecule has 0 spiro atoms. The van der Waals surface area contributed by atoms with E-state index in [-0.39, 0.29) is 12.6 Å². The monoisotopic (exact) mass is 204 g/mol. The lowest BCUT2D eigenvalue weighted by atomic mass is 10.1. The summed E-state index contributed by atoms with van der Waals surface area (Å²) in [5.41, 5.74) is 2.63. The number of rotatable bonds is 3. The summed E-state index contributed by atoms with van der Waals surface area (Å²) in [4.78, 5) is 11.2. The second-order valence-corrected chi connectivity index (χ2v) is 3.41. The summed E-state index contributed by atoms with van der Waals surface area (Å²) in [5, 5.41) is 8.62. The Bertz CT molecular complexity index is 407. The molecule has 1 aliphatic rings. The Labute approximate surface area is 88.0 Å². The topological polar surface area (TPSA) is 46.5 Å². The first-order valence-electron chi connectivity index (χ1n) is 4.88. The molecule has 0 saturated heterocycles. The third kappa shape index (κ3) is 2.07. The van der Waals surface area contributed by atoms with Crippen LogP contribution in [0.25, 0.3) is 6.08 Å². The van der Waals surface area contributed by atoms with Gasteiger partial charge in [0.2, 0.25) is 0 Å². The lowest BCUT2D eigenvalue weighted by molar-refractivity contribution is 0.0535. The molecule has 0 saturated carbocycles. The van der Waals surface area contributed by atoms with Crippen LogP contribution in [0.4, 0.5) is 0 Å². The third-order valence-electron chi connectivity index (χ3n) is 2.31. The number of esters is 1. The SMILES string of the molecule is O=C1OCc2cc(C=CCCO)ccc21. The van der Waals surface area contributed by atoms with Crippen LogP contribution in [-0.4, -0.2) is 17.7 Å². The summed E-state index contributed by atoms with van der Waals surface area (Å²) in [7, 11) is 0. The van der Waals surface area contributed by atoms with E-state index in [1.165, 1.54) is 0 Å². The number of hydrogen-bond acceptors (Lipinski definition) is 3. The lowest BCUT2D eigenvalue weighted by Crippen LogP contribution is -1.92. The van der Waals surface area contributed by atoms with Crippen molar-refractivity contribution in [2.75, 3.05) is 6.61 Å². The fourth-order valence-corrected chi connectivity index (χ4v) is 1.55. The van der Waals surface area contributed by atoms with E-state index < -0.39 is 0 Å². The van der Waals surface area contributed by atoms with Crippen LogP contribution >= 0.6 is 0 Å². The minimum Gasteiger partial charge on any atom is -0.457 e. The predicted molar refractivity (Wildman–Crippen MR) is 56.3 cm³/mol. The summed E-state index contributed by atoms with van der Waals surface area (Å²) in [5.74, 6) is -0.240. The highest BCUT2D eigenvalue weighted by molar-refractivity contribution is 5.93. The summed E-state index contributed by atoms with van der Waals surface area (Å²) in [6.07, 6.45) is 4.48. The average Bonchev–Trinajstić information content (AvgIpc) is 2.61. The van der Waals surface area contributed by atoms with E-state index in [1.54, 1.807) is 6.07 Å².